The fourth-order valence-corrected chi connectivity index (χ4v) is 3.80. The predicted octanol–water partition coefficient (Wildman–Crippen LogP) is 4.33. The van der Waals surface area contributed by atoms with Crippen molar-refractivity contribution >= 4 is 5.91 Å². The Kier molecular flexibility index (Phi) is 5.01. The molecule has 1 saturated heterocycles. The summed E-state index contributed by atoms with van der Waals surface area (Å²) in [5.74, 6) is 0.0193. The summed E-state index contributed by atoms with van der Waals surface area (Å²) in [5.41, 5.74) is 3.56. The number of hydrogen-bond donors (Lipinski definition) is 0. The highest BCUT2D eigenvalue weighted by atomic mass is 16.2. The number of aromatic nitrogens is 3. The molecule has 1 unspecified atom stereocenters. The quantitative estimate of drug-likeness (QED) is 0.698. The van der Waals surface area contributed by atoms with Gasteiger partial charge in [-0.2, -0.15) is 5.10 Å². The van der Waals surface area contributed by atoms with Gasteiger partial charge in [0.25, 0.3) is 5.91 Å². The van der Waals surface area contributed by atoms with Gasteiger partial charge < -0.3 is 4.90 Å². The second kappa shape index (κ2) is 7.74. The van der Waals surface area contributed by atoms with E-state index in [1.807, 2.05) is 60.5 Å². The second-order valence-corrected chi connectivity index (χ2v) is 7.09. The highest BCUT2D eigenvalue weighted by Crippen LogP contribution is 2.31. The van der Waals surface area contributed by atoms with Crippen molar-refractivity contribution in [3.63, 3.8) is 0 Å². The van der Waals surface area contributed by atoms with Crippen LogP contribution in [0.15, 0.2) is 61.1 Å². The lowest BCUT2D eigenvalue weighted by Gasteiger charge is -2.30. The molecule has 1 atom stereocenters. The molecule has 138 valence electrons. The minimum Gasteiger partial charge on any atom is -0.330 e. The van der Waals surface area contributed by atoms with Crippen LogP contribution in [0.3, 0.4) is 0 Å². The van der Waals surface area contributed by atoms with E-state index in [4.69, 9.17) is 0 Å². The van der Waals surface area contributed by atoms with Gasteiger partial charge in [-0.3, -0.25) is 9.78 Å². The van der Waals surface area contributed by atoms with Crippen LogP contribution in [-0.4, -0.2) is 32.1 Å². The fraction of sp³-hybridized carbons (Fsp3) is 0.318. The van der Waals surface area contributed by atoms with Gasteiger partial charge in [0, 0.05) is 30.7 Å². The Hall–Kier alpha value is -2.95. The van der Waals surface area contributed by atoms with Gasteiger partial charge in [-0.15, -0.1) is 0 Å². The number of rotatable bonds is 3. The van der Waals surface area contributed by atoms with Crippen molar-refractivity contribution in [3.8, 4) is 5.69 Å². The van der Waals surface area contributed by atoms with E-state index in [-0.39, 0.29) is 11.9 Å². The lowest BCUT2D eigenvalue weighted by molar-refractivity contribution is 0.0673. The number of amides is 1. The van der Waals surface area contributed by atoms with E-state index in [1.165, 1.54) is 0 Å². The maximum absolute atomic E-state index is 13.4. The SMILES string of the molecule is Cc1cn(-c2ccccc2)nc1C(=O)N1CCCCCC1c1ccncc1. The maximum Gasteiger partial charge on any atom is 0.275 e. The predicted molar refractivity (Wildman–Crippen MR) is 105 cm³/mol. The van der Waals surface area contributed by atoms with Crippen LogP contribution in [-0.2, 0) is 0 Å². The number of para-hydroxylation sites is 1. The number of hydrogen-bond acceptors (Lipinski definition) is 3. The Labute approximate surface area is 159 Å². The Balaban J connectivity index is 1.67. The zero-order valence-electron chi connectivity index (χ0n) is 15.6. The molecule has 1 aromatic carbocycles. The molecule has 1 aliphatic rings. The molecule has 1 amide bonds. The second-order valence-electron chi connectivity index (χ2n) is 7.09. The minimum absolute atomic E-state index is 0.0193. The first-order valence-electron chi connectivity index (χ1n) is 9.56. The van der Waals surface area contributed by atoms with Crippen LogP contribution in [0.25, 0.3) is 5.69 Å². The van der Waals surface area contributed by atoms with Crippen LogP contribution >= 0.6 is 0 Å². The summed E-state index contributed by atoms with van der Waals surface area (Å²) in [5, 5.41) is 4.63. The zero-order valence-corrected chi connectivity index (χ0v) is 15.6. The average molecular weight is 360 g/mol. The largest absolute Gasteiger partial charge is 0.330 e. The fourth-order valence-electron chi connectivity index (χ4n) is 3.80. The summed E-state index contributed by atoms with van der Waals surface area (Å²) >= 11 is 0. The molecule has 4 rings (SSSR count). The van der Waals surface area contributed by atoms with Crippen LogP contribution in [0.4, 0.5) is 0 Å². The molecule has 3 heterocycles. The lowest BCUT2D eigenvalue weighted by Crippen LogP contribution is -2.35. The van der Waals surface area contributed by atoms with Crippen molar-refractivity contribution in [2.45, 2.75) is 38.6 Å². The summed E-state index contributed by atoms with van der Waals surface area (Å²) in [6.07, 6.45) is 9.84. The average Bonchev–Trinajstić information content (AvgIpc) is 2.95. The molecule has 0 saturated carbocycles. The number of likely N-dealkylation sites (tertiary alicyclic amines) is 1. The van der Waals surface area contributed by atoms with Gasteiger partial charge >= 0.3 is 0 Å². The minimum atomic E-state index is 0.0193. The van der Waals surface area contributed by atoms with Gasteiger partial charge in [0.1, 0.15) is 0 Å². The van der Waals surface area contributed by atoms with Gasteiger partial charge in [0.2, 0.25) is 0 Å². The third kappa shape index (κ3) is 3.63. The van der Waals surface area contributed by atoms with Crippen LogP contribution in [0.5, 0.6) is 0 Å². The van der Waals surface area contributed by atoms with Crippen molar-refractivity contribution in [2.24, 2.45) is 0 Å². The van der Waals surface area contributed by atoms with Gasteiger partial charge in [0.15, 0.2) is 5.69 Å². The molecule has 0 radical (unpaired) electrons. The number of carbonyl (C=O) groups is 1. The Morgan fingerprint density at radius 3 is 2.59 bits per heavy atom. The number of nitrogens with zero attached hydrogens (tertiary/aromatic N) is 4. The molecule has 5 heteroatoms. The van der Waals surface area contributed by atoms with E-state index in [0.29, 0.717) is 5.69 Å². The van der Waals surface area contributed by atoms with Crippen molar-refractivity contribution in [2.75, 3.05) is 6.54 Å². The van der Waals surface area contributed by atoms with E-state index in [0.717, 1.165) is 49.0 Å². The summed E-state index contributed by atoms with van der Waals surface area (Å²) in [6.45, 7) is 2.72. The number of carbonyl (C=O) groups excluding carboxylic acids is 1. The Bertz CT molecular complexity index is 905. The molecule has 0 bridgehead atoms. The van der Waals surface area contributed by atoms with Gasteiger partial charge in [-0.05, 0) is 49.6 Å². The Morgan fingerprint density at radius 1 is 1.04 bits per heavy atom. The molecule has 1 fully saturated rings. The summed E-state index contributed by atoms with van der Waals surface area (Å²) in [6, 6.07) is 14.0. The molecule has 0 N–H and O–H groups in total. The summed E-state index contributed by atoms with van der Waals surface area (Å²) in [4.78, 5) is 19.6. The van der Waals surface area contributed by atoms with Crippen molar-refractivity contribution in [3.05, 3.63) is 77.9 Å². The molecule has 1 aliphatic heterocycles. The van der Waals surface area contributed by atoms with E-state index in [9.17, 15) is 4.79 Å². The maximum atomic E-state index is 13.4. The highest BCUT2D eigenvalue weighted by molar-refractivity contribution is 5.94. The smallest absolute Gasteiger partial charge is 0.275 e. The van der Waals surface area contributed by atoms with Crippen molar-refractivity contribution in [1.29, 1.82) is 0 Å². The molecule has 2 aromatic heterocycles. The number of pyridine rings is 1. The first kappa shape index (κ1) is 17.5. The topological polar surface area (TPSA) is 51.0 Å². The van der Waals surface area contributed by atoms with Crippen LogP contribution in [0.2, 0.25) is 0 Å². The Morgan fingerprint density at radius 2 is 1.81 bits per heavy atom. The van der Waals surface area contributed by atoms with Gasteiger partial charge in [-0.25, -0.2) is 4.68 Å². The van der Waals surface area contributed by atoms with Crippen LogP contribution in [0.1, 0.15) is 53.3 Å². The van der Waals surface area contributed by atoms with Crippen LogP contribution < -0.4 is 0 Å². The van der Waals surface area contributed by atoms with E-state index in [1.54, 1.807) is 17.1 Å². The monoisotopic (exact) mass is 360 g/mol. The van der Waals surface area contributed by atoms with Crippen molar-refractivity contribution in [1.82, 2.24) is 19.7 Å². The van der Waals surface area contributed by atoms with E-state index in [2.05, 4.69) is 10.1 Å². The first-order chi connectivity index (χ1) is 13.2. The molecule has 0 aliphatic carbocycles. The van der Waals surface area contributed by atoms with Crippen LogP contribution in [0, 0.1) is 6.92 Å². The summed E-state index contributed by atoms with van der Waals surface area (Å²) in [7, 11) is 0. The van der Waals surface area contributed by atoms with Crippen molar-refractivity contribution < 1.29 is 4.79 Å². The molecule has 3 aromatic rings. The molecule has 0 spiro atoms. The van der Waals surface area contributed by atoms with Gasteiger partial charge in [-0.1, -0.05) is 31.0 Å². The number of aryl methyl sites for hydroxylation is 1. The molecule has 27 heavy (non-hydrogen) atoms. The van der Waals surface area contributed by atoms with E-state index >= 15 is 0 Å². The third-order valence-corrected chi connectivity index (χ3v) is 5.23. The van der Waals surface area contributed by atoms with Gasteiger partial charge in [0.05, 0.1) is 11.7 Å². The van der Waals surface area contributed by atoms with E-state index < -0.39 is 0 Å². The normalized spacial score (nSPS) is 17.5. The molecular formula is C22H24N4O. The highest BCUT2D eigenvalue weighted by Gasteiger charge is 2.30. The first-order valence-corrected chi connectivity index (χ1v) is 9.56. The standard InChI is InChI=1S/C22H24N4O/c1-17-16-26(19-8-4-2-5-9-19)24-21(17)22(27)25-15-7-3-6-10-20(25)18-11-13-23-14-12-18/h2,4-5,8-9,11-14,16,20H,3,6-7,10,15H2,1H3. The third-order valence-electron chi connectivity index (χ3n) is 5.23. The lowest BCUT2D eigenvalue weighted by atomic mass is 10.0. The molecular weight excluding hydrogens is 336 g/mol. The number of benzene rings is 1. The molecule has 5 nitrogen and oxygen atoms in total. The summed E-state index contributed by atoms with van der Waals surface area (Å²) < 4.78 is 1.79. The zero-order chi connectivity index (χ0) is 18.6.